The number of fused-ring (bicyclic) bond motifs is 5. The summed E-state index contributed by atoms with van der Waals surface area (Å²) < 4.78 is 6.98. The van der Waals surface area contributed by atoms with Crippen LogP contribution in [0.1, 0.15) is 35.4 Å². The smallest absolute Gasteiger partial charge is 0.261 e. The van der Waals surface area contributed by atoms with E-state index in [0.717, 1.165) is 39.6 Å². The van der Waals surface area contributed by atoms with Gasteiger partial charge in [-0.05, 0) is 68.3 Å². The average Bonchev–Trinajstić information content (AvgIpc) is 3.33. The van der Waals surface area contributed by atoms with E-state index >= 15 is 0 Å². The lowest BCUT2D eigenvalue weighted by Crippen LogP contribution is -2.65. The number of thiophene rings is 1. The topological polar surface area (TPSA) is 44.8 Å². The van der Waals surface area contributed by atoms with E-state index in [4.69, 9.17) is 4.74 Å². The van der Waals surface area contributed by atoms with E-state index in [2.05, 4.69) is 34.3 Å². The Morgan fingerprint density at radius 1 is 1.26 bits per heavy atom. The normalized spacial score (nSPS) is 30.3. The number of benzene rings is 1. The molecule has 27 heavy (non-hydrogen) atoms. The molecule has 2 aromatic rings. The van der Waals surface area contributed by atoms with Crippen LogP contribution in [-0.4, -0.2) is 55.7 Å². The minimum atomic E-state index is 0.106. The van der Waals surface area contributed by atoms with Crippen molar-refractivity contribution >= 4 is 33.0 Å². The van der Waals surface area contributed by atoms with Gasteiger partial charge < -0.3 is 15.0 Å². The summed E-state index contributed by atoms with van der Waals surface area (Å²) in [7, 11) is 2.10. The number of carbonyl (C=O) groups is 1. The second-order valence-corrected chi connectivity index (χ2v) is 9.64. The highest BCUT2D eigenvalue weighted by Gasteiger charge is 2.60. The first-order valence-corrected chi connectivity index (χ1v) is 10.9. The first kappa shape index (κ1) is 16.2. The SMILES string of the molecule is CN1CCOc2ccc3cc(C(=O)N[C@@H]4C5CCN(CC5)C45CC5)sc3c21. The van der Waals surface area contributed by atoms with E-state index in [1.807, 2.05) is 6.07 Å². The average molecular weight is 384 g/mol. The van der Waals surface area contributed by atoms with Crippen molar-refractivity contribution < 1.29 is 9.53 Å². The van der Waals surface area contributed by atoms with Crippen molar-refractivity contribution in [2.45, 2.75) is 37.3 Å². The fourth-order valence-electron chi connectivity index (χ4n) is 5.60. The van der Waals surface area contributed by atoms with Gasteiger partial charge in [0.1, 0.15) is 12.4 Å². The van der Waals surface area contributed by atoms with Crippen LogP contribution in [0, 0.1) is 5.92 Å². The molecule has 5 nitrogen and oxygen atoms in total. The molecule has 0 radical (unpaired) electrons. The molecule has 1 atom stereocenters. The minimum absolute atomic E-state index is 0.106. The molecule has 2 bridgehead atoms. The number of carbonyl (C=O) groups excluding carboxylic acids is 1. The Bertz CT molecular complexity index is 927. The fourth-order valence-corrected chi connectivity index (χ4v) is 6.75. The molecule has 4 fully saturated rings. The monoisotopic (exact) mass is 383 g/mol. The molecule has 5 aliphatic rings. The lowest BCUT2D eigenvalue weighted by Gasteiger charge is -2.52. The fraction of sp³-hybridized carbons (Fsp3) is 0.571. The molecule has 0 unspecified atom stereocenters. The van der Waals surface area contributed by atoms with Crippen LogP contribution in [0.15, 0.2) is 18.2 Å². The van der Waals surface area contributed by atoms with Crippen molar-refractivity contribution in [3.8, 4) is 5.75 Å². The number of rotatable bonds is 2. The Kier molecular flexibility index (Phi) is 3.36. The Morgan fingerprint density at radius 2 is 2.07 bits per heavy atom. The molecule has 1 spiro atoms. The van der Waals surface area contributed by atoms with Gasteiger partial charge in [-0.25, -0.2) is 0 Å². The van der Waals surface area contributed by atoms with Gasteiger partial charge in [-0.1, -0.05) is 0 Å². The van der Waals surface area contributed by atoms with Crippen LogP contribution in [0.3, 0.4) is 0 Å². The molecule has 1 amide bonds. The molecular formula is C21H25N3O2S. The molecule has 6 heteroatoms. The molecule has 5 heterocycles. The Morgan fingerprint density at radius 3 is 2.85 bits per heavy atom. The van der Waals surface area contributed by atoms with E-state index in [1.54, 1.807) is 11.3 Å². The molecule has 4 aliphatic heterocycles. The maximum absolute atomic E-state index is 13.2. The number of piperidine rings is 3. The van der Waals surface area contributed by atoms with Gasteiger partial charge in [0.15, 0.2) is 0 Å². The highest BCUT2D eigenvalue weighted by molar-refractivity contribution is 7.21. The first-order valence-electron chi connectivity index (χ1n) is 10.1. The molecule has 1 saturated carbocycles. The van der Waals surface area contributed by atoms with Crippen LogP contribution in [0.25, 0.3) is 10.1 Å². The van der Waals surface area contributed by atoms with Crippen LogP contribution in [-0.2, 0) is 0 Å². The number of ether oxygens (including phenoxy) is 1. The van der Waals surface area contributed by atoms with Gasteiger partial charge in [-0.2, -0.15) is 0 Å². The zero-order chi connectivity index (χ0) is 18.2. The summed E-state index contributed by atoms with van der Waals surface area (Å²) >= 11 is 1.61. The van der Waals surface area contributed by atoms with Crippen molar-refractivity contribution in [1.82, 2.24) is 10.2 Å². The molecule has 1 aromatic heterocycles. The lowest BCUT2D eigenvalue weighted by atomic mass is 9.77. The lowest BCUT2D eigenvalue weighted by molar-refractivity contribution is -0.00138. The van der Waals surface area contributed by atoms with Crippen molar-refractivity contribution in [2.75, 3.05) is 38.2 Å². The van der Waals surface area contributed by atoms with Crippen LogP contribution in [0.2, 0.25) is 0 Å². The quantitative estimate of drug-likeness (QED) is 0.866. The number of anilines is 1. The molecule has 1 aromatic carbocycles. The largest absolute Gasteiger partial charge is 0.490 e. The van der Waals surface area contributed by atoms with Crippen molar-refractivity contribution in [1.29, 1.82) is 0 Å². The van der Waals surface area contributed by atoms with Gasteiger partial charge in [0.05, 0.1) is 27.9 Å². The summed E-state index contributed by atoms with van der Waals surface area (Å²) in [5.41, 5.74) is 1.41. The first-order chi connectivity index (χ1) is 13.2. The third-order valence-electron chi connectivity index (χ3n) is 7.18. The molecule has 3 saturated heterocycles. The molecule has 7 rings (SSSR count). The van der Waals surface area contributed by atoms with E-state index in [0.29, 0.717) is 12.0 Å². The number of nitrogens with zero attached hydrogens (tertiary/aromatic N) is 2. The summed E-state index contributed by atoms with van der Waals surface area (Å²) in [6.45, 7) is 4.04. The number of nitrogens with one attached hydrogen (secondary N) is 1. The minimum Gasteiger partial charge on any atom is -0.490 e. The Labute approximate surface area is 163 Å². The van der Waals surface area contributed by atoms with Crippen molar-refractivity contribution in [3.63, 3.8) is 0 Å². The summed E-state index contributed by atoms with van der Waals surface area (Å²) in [6, 6.07) is 6.50. The van der Waals surface area contributed by atoms with Gasteiger partial charge in [-0.15, -0.1) is 11.3 Å². The summed E-state index contributed by atoms with van der Waals surface area (Å²) in [6.07, 6.45) is 4.95. The molecular weight excluding hydrogens is 358 g/mol. The summed E-state index contributed by atoms with van der Waals surface area (Å²) in [5, 5.41) is 4.59. The number of likely N-dealkylation sites (N-methyl/N-ethyl adjacent to an activating group) is 1. The zero-order valence-corrected chi connectivity index (χ0v) is 16.5. The summed E-state index contributed by atoms with van der Waals surface area (Å²) in [5.74, 6) is 1.69. The van der Waals surface area contributed by atoms with E-state index in [9.17, 15) is 4.79 Å². The Hall–Kier alpha value is -1.79. The van der Waals surface area contributed by atoms with Gasteiger partial charge in [0.25, 0.3) is 5.91 Å². The van der Waals surface area contributed by atoms with Gasteiger partial charge in [0, 0.05) is 12.6 Å². The van der Waals surface area contributed by atoms with Crippen LogP contribution >= 0.6 is 11.3 Å². The third-order valence-corrected chi connectivity index (χ3v) is 8.34. The van der Waals surface area contributed by atoms with Crippen LogP contribution in [0.4, 0.5) is 5.69 Å². The predicted molar refractivity (Wildman–Crippen MR) is 108 cm³/mol. The van der Waals surface area contributed by atoms with Crippen LogP contribution < -0.4 is 15.0 Å². The van der Waals surface area contributed by atoms with Gasteiger partial charge in [0.2, 0.25) is 0 Å². The predicted octanol–water partition coefficient (Wildman–Crippen LogP) is 3.09. The highest BCUT2D eigenvalue weighted by atomic mass is 32.1. The van der Waals surface area contributed by atoms with E-state index in [-0.39, 0.29) is 11.4 Å². The molecule has 1 aliphatic carbocycles. The maximum Gasteiger partial charge on any atom is 0.261 e. The second-order valence-electron chi connectivity index (χ2n) is 8.59. The van der Waals surface area contributed by atoms with E-state index < -0.39 is 0 Å². The standard InChI is InChI=1S/C21H25N3O2S/c1-23-10-11-26-15-3-2-14-12-16(27-18(14)17(15)23)20(25)22-19-13-4-8-24(9-5-13)21(19)6-7-21/h2-3,12-13,19H,4-11H2,1H3,(H,22,25)/t19-/m1/s1. The summed E-state index contributed by atoms with van der Waals surface area (Å²) in [4.78, 5) is 18.9. The zero-order valence-electron chi connectivity index (χ0n) is 15.7. The number of amides is 1. The van der Waals surface area contributed by atoms with Crippen LogP contribution in [0.5, 0.6) is 5.75 Å². The number of hydrogen-bond donors (Lipinski definition) is 1. The Balaban J connectivity index is 1.32. The van der Waals surface area contributed by atoms with Crippen molar-refractivity contribution in [3.05, 3.63) is 23.1 Å². The highest BCUT2D eigenvalue weighted by Crippen LogP contribution is 2.53. The third kappa shape index (κ3) is 2.29. The second kappa shape index (κ2) is 5.61. The van der Waals surface area contributed by atoms with Gasteiger partial charge in [-0.3, -0.25) is 9.69 Å². The molecule has 142 valence electrons. The van der Waals surface area contributed by atoms with E-state index in [1.165, 1.54) is 38.8 Å². The van der Waals surface area contributed by atoms with Gasteiger partial charge >= 0.3 is 0 Å². The maximum atomic E-state index is 13.2. The van der Waals surface area contributed by atoms with Crippen molar-refractivity contribution in [2.24, 2.45) is 5.92 Å². The molecule has 1 N–H and O–H groups in total. The number of hydrogen-bond acceptors (Lipinski definition) is 5.